The molecular weight excluding hydrogens is 202 g/mol. The first-order chi connectivity index (χ1) is 7.56. The molecule has 0 amide bonds. The van der Waals surface area contributed by atoms with Gasteiger partial charge in [0.1, 0.15) is 0 Å². The lowest BCUT2D eigenvalue weighted by atomic mass is 9.56. The highest BCUT2D eigenvalue weighted by Gasteiger charge is 2.64. The minimum Gasteiger partial charge on any atom is -0.481 e. The SMILES string of the molecule is Nc1cccc(C2(C(=O)O)CC3(CC3)C2)c1. The average molecular weight is 217 g/mol. The molecule has 1 aromatic carbocycles. The van der Waals surface area contributed by atoms with E-state index in [4.69, 9.17) is 5.73 Å². The molecule has 0 unspecified atom stereocenters. The van der Waals surface area contributed by atoms with Crippen LogP contribution in [0.2, 0.25) is 0 Å². The van der Waals surface area contributed by atoms with Crippen molar-refractivity contribution in [1.82, 2.24) is 0 Å². The molecule has 3 rings (SSSR count). The van der Waals surface area contributed by atoms with Crippen LogP contribution in [0.4, 0.5) is 5.69 Å². The summed E-state index contributed by atoms with van der Waals surface area (Å²) in [5, 5.41) is 9.45. The molecule has 3 nitrogen and oxygen atoms in total. The molecule has 0 heterocycles. The summed E-state index contributed by atoms with van der Waals surface area (Å²) >= 11 is 0. The van der Waals surface area contributed by atoms with Crippen LogP contribution in [-0.4, -0.2) is 11.1 Å². The van der Waals surface area contributed by atoms with Crippen molar-refractivity contribution in [2.24, 2.45) is 5.41 Å². The zero-order valence-electron chi connectivity index (χ0n) is 9.07. The predicted octanol–water partition coefficient (Wildman–Crippen LogP) is 2.17. The summed E-state index contributed by atoms with van der Waals surface area (Å²) in [6.45, 7) is 0. The predicted molar refractivity (Wildman–Crippen MR) is 61.1 cm³/mol. The van der Waals surface area contributed by atoms with Gasteiger partial charge in [-0.15, -0.1) is 0 Å². The standard InChI is InChI=1S/C13H15NO2/c14-10-3-1-2-9(6-10)13(11(15)16)7-12(8-13)4-5-12/h1-3,6H,4-5,7-8,14H2,(H,15,16). The van der Waals surface area contributed by atoms with Crippen LogP contribution in [0.15, 0.2) is 24.3 Å². The quantitative estimate of drug-likeness (QED) is 0.746. The van der Waals surface area contributed by atoms with E-state index in [2.05, 4.69) is 0 Å². The molecule has 1 aromatic rings. The van der Waals surface area contributed by atoms with E-state index in [1.165, 1.54) is 12.8 Å². The molecule has 0 radical (unpaired) electrons. The zero-order chi connectivity index (χ0) is 11.4. The number of hydrogen-bond donors (Lipinski definition) is 2. The number of hydrogen-bond acceptors (Lipinski definition) is 2. The second-order valence-electron chi connectivity index (χ2n) is 5.37. The van der Waals surface area contributed by atoms with Crippen LogP contribution < -0.4 is 5.73 Å². The number of nitrogens with two attached hydrogens (primary N) is 1. The Bertz CT molecular complexity index is 455. The number of aliphatic carboxylic acids is 1. The van der Waals surface area contributed by atoms with Gasteiger partial charge in [0.05, 0.1) is 5.41 Å². The van der Waals surface area contributed by atoms with Crippen molar-refractivity contribution in [3.05, 3.63) is 29.8 Å². The van der Waals surface area contributed by atoms with Crippen molar-refractivity contribution in [3.63, 3.8) is 0 Å². The minimum absolute atomic E-state index is 0.364. The van der Waals surface area contributed by atoms with Crippen LogP contribution in [0.25, 0.3) is 0 Å². The van der Waals surface area contributed by atoms with Crippen molar-refractivity contribution >= 4 is 11.7 Å². The fraction of sp³-hybridized carbons (Fsp3) is 0.462. The maximum Gasteiger partial charge on any atom is 0.314 e. The number of benzene rings is 1. The van der Waals surface area contributed by atoms with E-state index >= 15 is 0 Å². The van der Waals surface area contributed by atoms with Gasteiger partial charge in [-0.1, -0.05) is 12.1 Å². The van der Waals surface area contributed by atoms with Crippen molar-refractivity contribution < 1.29 is 9.90 Å². The highest BCUT2D eigenvalue weighted by Crippen LogP contribution is 2.69. The van der Waals surface area contributed by atoms with Gasteiger partial charge in [0.25, 0.3) is 0 Å². The minimum atomic E-state index is -0.698. The Labute approximate surface area is 94.3 Å². The third-order valence-corrected chi connectivity index (χ3v) is 4.16. The summed E-state index contributed by atoms with van der Waals surface area (Å²) in [6.07, 6.45) is 3.98. The number of rotatable bonds is 2. The lowest BCUT2D eigenvalue weighted by molar-refractivity contribution is -0.150. The van der Waals surface area contributed by atoms with Crippen LogP contribution in [0.3, 0.4) is 0 Å². The molecular formula is C13H15NO2. The summed E-state index contributed by atoms with van der Waals surface area (Å²) in [5.41, 5.74) is 6.95. The molecule has 3 heteroatoms. The van der Waals surface area contributed by atoms with E-state index < -0.39 is 11.4 Å². The van der Waals surface area contributed by atoms with Gasteiger partial charge in [-0.05, 0) is 48.8 Å². The monoisotopic (exact) mass is 217 g/mol. The molecule has 2 fully saturated rings. The van der Waals surface area contributed by atoms with Gasteiger partial charge in [0.2, 0.25) is 0 Å². The lowest BCUT2D eigenvalue weighted by Gasteiger charge is -2.45. The highest BCUT2D eigenvalue weighted by atomic mass is 16.4. The maximum atomic E-state index is 11.5. The molecule has 84 valence electrons. The van der Waals surface area contributed by atoms with E-state index in [1.54, 1.807) is 6.07 Å². The highest BCUT2D eigenvalue weighted by molar-refractivity contribution is 5.84. The third-order valence-electron chi connectivity index (χ3n) is 4.16. The van der Waals surface area contributed by atoms with Crippen molar-refractivity contribution in [1.29, 1.82) is 0 Å². The van der Waals surface area contributed by atoms with E-state index in [0.717, 1.165) is 18.4 Å². The Kier molecular flexibility index (Phi) is 1.69. The molecule has 0 bridgehead atoms. The van der Waals surface area contributed by atoms with Crippen molar-refractivity contribution in [2.75, 3.05) is 5.73 Å². The topological polar surface area (TPSA) is 63.3 Å². The number of carboxylic acids is 1. The summed E-state index contributed by atoms with van der Waals surface area (Å²) in [7, 11) is 0. The molecule has 1 spiro atoms. The summed E-state index contributed by atoms with van der Waals surface area (Å²) in [5.74, 6) is -0.698. The number of carbonyl (C=O) groups is 1. The van der Waals surface area contributed by atoms with Crippen LogP contribution >= 0.6 is 0 Å². The van der Waals surface area contributed by atoms with Gasteiger partial charge >= 0.3 is 5.97 Å². The molecule has 16 heavy (non-hydrogen) atoms. The van der Waals surface area contributed by atoms with Gasteiger partial charge in [-0.25, -0.2) is 0 Å². The first kappa shape index (κ1) is 9.70. The fourth-order valence-corrected chi connectivity index (χ4v) is 3.07. The van der Waals surface area contributed by atoms with E-state index in [-0.39, 0.29) is 0 Å². The Balaban J connectivity index is 1.98. The normalized spacial score (nSPS) is 23.8. The van der Waals surface area contributed by atoms with Crippen molar-refractivity contribution in [3.8, 4) is 0 Å². The second kappa shape index (κ2) is 2.78. The Morgan fingerprint density at radius 1 is 1.31 bits per heavy atom. The smallest absolute Gasteiger partial charge is 0.314 e. The second-order valence-corrected chi connectivity index (χ2v) is 5.37. The van der Waals surface area contributed by atoms with E-state index in [0.29, 0.717) is 11.1 Å². The molecule has 2 saturated carbocycles. The fourth-order valence-electron chi connectivity index (χ4n) is 3.07. The number of nitrogen functional groups attached to an aromatic ring is 1. The van der Waals surface area contributed by atoms with Crippen LogP contribution in [0.5, 0.6) is 0 Å². The van der Waals surface area contributed by atoms with E-state index in [9.17, 15) is 9.90 Å². The summed E-state index contributed by atoms with van der Waals surface area (Å²) in [6, 6.07) is 7.33. The largest absolute Gasteiger partial charge is 0.481 e. The zero-order valence-corrected chi connectivity index (χ0v) is 9.07. The van der Waals surface area contributed by atoms with Gasteiger partial charge in [0, 0.05) is 5.69 Å². The number of carboxylic acid groups (broad SMARTS) is 1. The van der Waals surface area contributed by atoms with Gasteiger partial charge in [-0.2, -0.15) is 0 Å². The van der Waals surface area contributed by atoms with Crippen LogP contribution in [0.1, 0.15) is 31.2 Å². The molecule has 0 atom stereocenters. The number of anilines is 1. The summed E-state index contributed by atoms with van der Waals surface area (Å²) in [4.78, 5) is 11.5. The summed E-state index contributed by atoms with van der Waals surface area (Å²) < 4.78 is 0. The third kappa shape index (κ3) is 1.17. The molecule has 2 aliphatic carbocycles. The van der Waals surface area contributed by atoms with Crippen LogP contribution in [-0.2, 0) is 10.2 Å². The molecule has 0 saturated heterocycles. The molecule has 0 aliphatic heterocycles. The Morgan fingerprint density at radius 2 is 2.00 bits per heavy atom. The van der Waals surface area contributed by atoms with Crippen LogP contribution in [0, 0.1) is 5.41 Å². The van der Waals surface area contributed by atoms with Gasteiger partial charge in [0.15, 0.2) is 0 Å². The van der Waals surface area contributed by atoms with E-state index in [1.807, 2.05) is 18.2 Å². The first-order valence-corrected chi connectivity index (χ1v) is 5.66. The molecule has 3 N–H and O–H groups in total. The van der Waals surface area contributed by atoms with Gasteiger partial charge < -0.3 is 10.8 Å². The molecule has 0 aromatic heterocycles. The van der Waals surface area contributed by atoms with Crippen molar-refractivity contribution in [2.45, 2.75) is 31.1 Å². The Hall–Kier alpha value is -1.51. The lowest BCUT2D eigenvalue weighted by Crippen LogP contribution is -2.49. The average Bonchev–Trinajstić information content (AvgIpc) is 2.93. The maximum absolute atomic E-state index is 11.5. The molecule has 2 aliphatic rings. The van der Waals surface area contributed by atoms with Gasteiger partial charge in [-0.3, -0.25) is 4.79 Å². The Morgan fingerprint density at radius 3 is 2.50 bits per heavy atom. The first-order valence-electron chi connectivity index (χ1n) is 5.66.